The van der Waals surface area contributed by atoms with Crippen molar-refractivity contribution >= 4 is 12.1 Å². The number of carboxylic acid groups (broad SMARTS) is 1. The van der Waals surface area contributed by atoms with Gasteiger partial charge in [-0.05, 0) is 44.9 Å². The molecule has 1 aromatic rings. The summed E-state index contributed by atoms with van der Waals surface area (Å²) in [5.74, 6) is -0.914. The van der Waals surface area contributed by atoms with Crippen molar-refractivity contribution in [3.63, 3.8) is 0 Å². The molecule has 138 valence electrons. The number of benzene rings is 1. The van der Waals surface area contributed by atoms with Gasteiger partial charge in [-0.25, -0.2) is 9.59 Å². The third kappa shape index (κ3) is 5.46. The first-order chi connectivity index (χ1) is 11.7. The zero-order valence-electron chi connectivity index (χ0n) is 15.5. The SMILES string of the molecule is CC[C@H]1CN(Cc2cccc(C(=O)O)c2)CCN1C(=O)OC(C)(C)C. The highest BCUT2D eigenvalue weighted by molar-refractivity contribution is 5.87. The lowest BCUT2D eigenvalue weighted by molar-refractivity contribution is -0.00303. The molecule has 0 unspecified atom stereocenters. The summed E-state index contributed by atoms with van der Waals surface area (Å²) in [5, 5.41) is 9.11. The summed E-state index contributed by atoms with van der Waals surface area (Å²) in [7, 11) is 0. The second-order valence-electron chi connectivity index (χ2n) is 7.48. The molecule has 1 fully saturated rings. The van der Waals surface area contributed by atoms with Crippen LogP contribution in [-0.4, -0.2) is 58.2 Å². The van der Waals surface area contributed by atoms with Gasteiger partial charge in [0.15, 0.2) is 0 Å². The van der Waals surface area contributed by atoms with E-state index >= 15 is 0 Å². The van der Waals surface area contributed by atoms with Crippen LogP contribution in [-0.2, 0) is 11.3 Å². The molecular formula is C19H28N2O4. The monoisotopic (exact) mass is 348 g/mol. The van der Waals surface area contributed by atoms with E-state index in [2.05, 4.69) is 11.8 Å². The lowest BCUT2D eigenvalue weighted by atomic mass is 10.1. The number of rotatable bonds is 4. The zero-order chi connectivity index (χ0) is 18.6. The molecule has 0 aliphatic carbocycles. The first-order valence-corrected chi connectivity index (χ1v) is 8.74. The van der Waals surface area contributed by atoms with Gasteiger partial charge in [-0.1, -0.05) is 19.1 Å². The van der Waals surface area contributed by atoms with E-state index in [1.807, 2.05) is 31.7 Å². The van der Waals surface area contributed by atoms with Gasteiger partial charge in [0.25, 0.3) is 0 Å². The van der Waals surface area contributed by atoms with Gasteiger partial charge in [0.1, 0.15) is 5.60 Å². The number of hydrogen-bond acceptors (Lipinski definition) is 4. The standard InChI is InChI=1S/C19H28N2O4/c1-5-16-13-20(9-10-21(16)18(24)25-19(2,3)4)12-14-7-6-8-15(11-14)17(22)23/h6-8,11,16H,5,9-10,12-13H2,1-4H3,(H,22,23)/t16-/m0/s1. The van der Waals surface area contributed by atoms with Crippen molar-refractivity contribution in [3.8, 4) is 0 Å². The molecule has 0 aromatic heterocycles. The summed E-state index contributed by atoms with van der Waals surface area (Å²) < 4.78 is 5.51. The summed E-state index contributed by atoms with van der Waals surface area (Å²) in [4.78, 5) is 27.6. The highest BCUT2D eigenvalue weighted by Gasteiger charge is 2.32. The van der Waals surface area contributed by atoms with Gasteiger partial charge in [-0.15, -0.1) is 0 Å². The van der Waals surface area contributed by atoms with Crippen LogP contribution in [0.25, 0.3) is 0 Å². The Morgan fingerprint density at radius 1 is 1.28 bits per heavy atom. The van der Waals surface area contributed by atoms with Crippen molar-refractivity contribution in [3.05, 3.63) is 35.4 Å². The molecule has 1 aliphatic heterocycles. The van der Waals surface area contributed by atoms with Crippen molar-refractivity contribution in [2.45, 2.75) is 52.3 Å². The van der Waals surface area contributed by atoms with Crippen molar-refractivity contribution in [2.24, 2.45) is 0 Å². The first-order valence-electron chi connectivity index (χ1n) is 8.74. The molecule has 0 spiro atoms. The first kappa shape index (κ1) is 19.2. The number of carboxylic acids is 1. The van der Waals surface area contributed by atoms with E-state index in [0.717, 1.165) is 25.1 Å². The molecule has 25 heavy (non-hydrogen) atoms. The fourth-order valence-corrected chi connectivity index (χ4v) is 3.03. The quantitative estimate of drug-likeness (QED) is 0.905. The van der Waals surface area contributed by atoms with Crippen LogP contribution in [0, 0.1) is 0 Å². The van der Waals surface area contributed by atoms with E-state index in [4.69, 9.17) is 9.84 Å². The van der Waals surface area contributed by atoms with E-state index in [1.54, 1.807) is 18.2 Å². The molecule has 0 radical (unpaired) electrons. The van der Waals surface area contributed by atoms with Crippen LogP contribution in [0.2, 0.25) is 0 Å². The number of aromatic carboxylic acids is 1. The van der Waals surface area contributed by atoms with Gasteiger partial charge in [0, 0.05) is 32.2 Å². The third-order valence-electron chi connectivity index (χ3n) is 4.25. The summed E-state index contributed by atoms with van der Waals surface area (Å²) in [6.45, 7) is 10.5. The summed E-state index contributed by atoms with van der Waals surface area (Å²) >= 11 is 0. The summed E-state index contributed by atoms with van der Waals surface area (Å²) in [6.07, 6.45) is 0.595. The van der Waals surface area contributed by atoms with Crippen molar-refractivity contribution in [1.29, 1.82) is 0 Å². The van der Waals surface area contributed by atoms with Crippen LogP contribution >= 0.6 is 0 Å². The molecule has 1 heterocycles. The van der Waals surface area contributed by atoms with Gasteiger partial charge in [-0.2, -0.15) is 0 Å². The van der Waals surface area contributed by atoms with Crippen molar-refractivity contribution in [2.75, 3.05) is 19.6 Å². The normalized spacial score (nSPS) is 18.9. The Morgan fingerprint density at radius 2 is 2.00 bits per heavy atom. The van der Waals surface area contributed by atoms with Crippen LogP contribution in [0.5, 0.6) is 0 Å². The van der Waals surface area contributed by atoms with Crippen LogP contribution in [0.4, 0.5) is 4.79 Å². The average molecular weight is 348 g/mol. The fourth-order valence-electron chi connectivity index (χ4n) is 3.03. The van der Waals surface area contributed by atoms with Gasteiger partial charge >= 0.3 is 12.1 Å². The second-order valence-corrected chi connectivity index (χ2v) is 7.48. The molecule has 0 saturated carbocycles. The minimum absolute atomic E-state index is 0.103. The van der Waals surface area contributed by atoms with Crippen molar-refractivity contribution < 1.29 is 19.4 Å². The Bertz CT molecular complexity index is 624. The number of amides is 1. The van der Waals surface area contributed by atoms with Crippen LogP contribution in [0.1, 0.15) is 50.0 Å². The number of carbonyl (C=O) groups excluding carboxylic acids is 1. The van der Waals surface area contributed by atoms with E-state index < -0.39 is 11.6 Å². The molecule has 1 atom stereocenters. The maximum Gasteiger partial charge on any atom is 0.410 e. The molecule has 1 amide bonds. The van der Waals surface area contributed by atoms with Crippen LogP contribution < -0.4 is 0 Å². The van der Waals surface area contributed by atoms with E-state index in [9.17, 15) is 9.59 Å². The van der Waals surface area contributed by atoms with Crippen molar-refractivity contribution in [1.82, 2.24) is 9.80 Å². The molecule has 1 aliphatic rings. The molecule has 6 heteroatoms. The summed E-state index contributed by atoms with van der Waals surface area (Å²) in [5.41, 5.74) is 0.779. The molecule has 6 nitrogen and oxygen atoms in total. The molecule has 0 bridgehead atoms. The molecule has 1 saturated heterocycles. The maximum atomic E-state index is 12.4. The lowest BCUT2D eigenvalue weighted by Gasteiger charge is -2.41. The number of nitrogens with zero attached hydrogens (tertiary/aromatic N) is 2. The number of carbonyl (C=O) groups is 2. The Kier molecular flexibility index (Phi) is 6.06. The number of ether oxygens (including phenoxy) is 1. The minimum Gasteiger partial charge on any atom is -0.478 e. The molecule has 1 N–H and O–H groups in total. The average Bonchev–Trinajstić information content (AvgIpc) is 2.53. The van der Waals surface area contributed by atoms with Gasteiger partial charge < -0.3 is 14.7 Å². The molecule has 1 aromatic carbocycles. The Hall–Kier alpha value is -2.08. The lowest BCUT2D eigenvalue weighted by Crippen LogP contribution is -2.55. The van der Waals surface area contributed by atoms with E-state index in [0.29, 0.717) is 18.7 Å². The Balaban J connectivity index is 2.00. The Labute approximate surface area is 149 Å². The van der Waals surface area contributed by atoms with Gasteiger partial charge in [0.2, 0.25) is 0 Å². The number of hydrogen-bond donors (Lipinski definition) is 1. The Morgan fingerprint density at radius 3 is 2.60 bits per heavy atom. The highest BCUT2D eigenvalue weighted by atomic mass is 16.6. The van der Waals surface area contributed by atoms with Gasteiger partial charge in [-0.3, -0.25) is 4.90 Å². The predicted octanol–water partition coefficient (Wildman–Crippen LogP) is 3.22. The summed E-state index contributed by atoms with van der Waals surface area (Å²) in [6, 6.07) is 7.12. The fraction of sp³-hybridized carbons (Fsp3) is 0.579. The maximum absolute atomic E-state index is 12.4. The topological polar surface area (TPSA) is 70.1 Å². The third-order valence-corrected chi connectivity index (χ3v) is 4.25. The van der Waals surface area contributed by atoms with E-state index in [1.165, 1.54) is 0 Å². The highest BCUT2D eigenvalue weighted by Crippen LogP contribution is 2.19. The van der Waals surface area contributed by atoms with E-state index in [-0.39, 0.29) is 12.1 Å². The largest absolute Gasteiger partial charge is 0.478 e. The second kappa shape index (κ2) is 7.87. The molecular weight excluding hydrogens is 320 g/mol. The van der Waals surface area contributed by atoms with Crippen LogP contribution in [0.15, 0.2) is 24.3 Å². The molecule has 2 rings (SSSR count). The smallest absolute Gasteiger partial charge is 0.410 e. The van der Waals surface area contributed by atoms with Gasteiger partial charge in [0.05, 0.1) is 5.56 Å². The zero-order valence-corrected chi connectivity index (χ0v) is 15.5. The minimum atomic E-state index is -0.914. The predicted molar refractivity (Wildman–Crippen MR) is 95.7 cm³/mol. The number of piperazine rings is 1. The van der Waals surface area contributed by atoms with Crippen LogP contribution in [0.3, 0.4) is 0 Å².